The minimum absolute atomic E-state index is 0.0884. The van der Waals surface area contributed by atoms with Crippen molar-refractivity contribution in [2.24, 2.45) is 0 Å². The maximum atomic E-state index is 13.5. The smallest absolute Gasteiger partial charge is 0.240 e. The van der Waals surface area contributed by atoms with Crippen LogP contribution in [-0.2, 0) is 16.6 Å². The second-order valence-corrected chi connectivity index (χ2v) is 6.02. The lowest BCUT2D eigenvalue weighted by atomic mass is 10.2. The van der Waals surface area contributed by atoms with Crippen LogP contribution in [0.15, 0.2) is 23.1 Å². The summed E-state index contributed by atoms with van der Waals surface area (Å²) < 4.78 is 39.8. The zero-order valence-corrected chi connectivity index (χ0v) is 11.6. The summed E-state index contributed by atoms with van der Waals surface area (Å²) >= 11 is 0. The first-order valence-corrected chi connectivity index (χ1v) is 7.36. The highest BCUT2D eigenvalue weighted by molar-refractivity contribution is 7.89. The van der Waals surface area contributed by atoms with Crippen LogP contribution < -0.4 is 10.0 Å². The van der Waals surface area contributed by atoms with Crippen molar-refractivity contribution in [3.05, 3.63) is 29.6 Å². The maximum absolute atomic E-state index is 13.5. The number of hydrogen-bond donors (Lipinski definition) is 2. The van der Waals surface area contributed by atoms with Crippen LogP contribution in [0.4, 0.5) is 4.39 Å². The SMILES string of the molecule is CCNCc1cc(S(=O)(=O)NC(C)C)ccc1F. The van der Waals surface area contributed by atoms with E-state index in [2.05, 4.69) is 10.0 Å². The number of rotatable bonds is 6. The van der Waals surface area contributed by atoms with Crippen molar-refractivity contribution < 1.29 is 12.8 Å². The third kappa shape index (κ3) is 4.04. The molecule has 0 fully saturated rings. The molecule has 0 heterocycles. The Balaban J connectivity index is 3.04. The Morgan fingerprint density at radius 1 is 1.33 bits per heavy atom. The van der Waals surface area contributed by atoms with E-state index < -0.39 is 15.8 Å². The van der Waals surface area contributed by atoms with E-state index in [4.69, 9.17) is 0 Å². The molecule has 0 saturated heterocycles. The van der Waals surface area contributed by atoms with Crippen LogP contribution in [0, 0.1) is 5.82 Å². The molecule has 0 aliphatic rings. The largest absolute Gasteiger partial charge is 0.313 e. The molecule has 0 saturated carbocycles. The highest BCUT2D eigenvalue weighted by Gasteiger charge is 2.16. The Bertz CT molecular complexity index is 501. The fourth-order valence-electron chi connectivity index (χ4n) is 1.49. The van der Waals surface area contributed by atoms with Gasteiger partial charge in [-0.1, -0.05) is 6.92 Å². The van der Waals surface area contributed by atoms with Gasteiger partial charge >= 0.3 is 0 Å². The van der Waals surface area contributed by atoms with Gasteiger partial charge in [0.25, 0.3) is 0 Å². The predicted molar refractivity (Wildman–Crippen MR) is 69.2 cm³/mol. The predicted octanol–water partition coefficient (Wildman–Crippen LogP) is 1.62. The fraction of sp³-hybridized carbons (Fsp3) is 0.500. The Hall–Kier alpha value is -0.980. The summed E-state index contributed by atoms with van der Waals surface area (Å²) in [4.78, 5) is 0.0884. The summed E-state index contributed by atoms with van der Waals surface area (Å²) in [6.45, 7) is 6.38. The molecule has 1 aromatic rings. The van der Waals surface area contributed by atoms with E-state index in [1.54, 1.807) is 13.8 Å². The number of hydrogen-bond acceptors (Lipinski definition) is 3. The molecule has 0 aromatic heterocycles. The lowest BCUT2D eigenvalue weighted by Gasteiger charge is -2.11. The highest BCUT2D eigenvalue weighted by Crippen LogP contribution is 2.15. The summed E-state index contributed by atoms with van der Waals surface area (Å²) in [5.74, 6) is -0.403. The van der Waals surface area contributed by atoms with Gasteiger partial charge in [0.2, 0.25) is 10.0 Å². The van der Waals surface area contributed by atoms with Crippen molar-refractivity contribution in [2.75, 3.05) is 6.54 Å². The quantitative estimate of drug-likeness (QED) is 0.829. The molecular formula is C12H19FN2O2S. The van der Waals surface area contributed by atoms with Gasteiger partial charge in [0.05, 0.1) is 4.90 Å². The van der Waals surface area contributed by atoms with Crippen molar-refractivity contribution in [2.45, 2.75) is 38.3 Å². The molecule has 0 amide bonds. The number of halogens is 1. The lowest BCUT2D eigenvalue weighted by Crippen LogP contribution is -2.30. The van der Waals surface area contributed by atoms with E-state index in [-0.39, 0.29) is 10.9 Å². The molecular weight excluding hydrogens is 255 g/mol. The first-order valence-electron chi connectivity index (χ1n) is 5.88. The summed E-state index contributed by atoms with van der Waals surface area (Å²) in [7, 11) is -3.57. The summed E-state index contributed by atoms with van der Waals surface area (Å²) in [5, 5.41) is 2.97. The van der Waals surface area contributed by atoms with Gasteiger partial charge in [-0.2, -0.15) is 0 Å². The van der Waals surface area contributed by atoms with Crippen molar-refractivity contribution in [3.63, 3.8) is 0 Å². The molecule has 0 unspecified atom stereocenters. The molecule has 0 atom stereocenters. The van der Waals surface area contributed by atoms with Crippen molar-refractivity contribution in [1.82, 2.24) is 10.0 Å². The van der Waals surface area contributed by atoms with E-state index in [0.717, 1.165) is 0 Å². The Kier molecular flexibility index (Phi) is 5.25. The Morgan fingerprint density at radius 2 is 2.00 bits per heavy atom. The topological polar surface area (TPSA) is 58.2 Å². The normalized spacial score (nSPS) is 12.1. The molecule has 6 heteroatoms. The van der Waals surface area contributed by atoms with Crippen molar-refractivity contribution >= 4 is 10.0 Å². The lowest BCUT2D eigenvalue weighted by molar-refractivity contribution is 0.567. The number of benzene rings is 1. The minimum atomic E-state index is -3.57. The molecule has 4 nitrogen and oxygen atoms in total. The molecule has 1 rings (SSSR count). The van der Waals surface area contributed by atoms with Gasteiger partial charge in [-0.05, 0) is 38.6 Å². The standard InChI is InChI=1S/C12H19FN2O2S/c1-4-14-8-10-7-11(5-6-12(10)13)18(16,17)15-9(2)3/h5-7,9,14-15H,4,8H2,1-3H3. The fourth-order valence-corrected chi connectivity index (χ4v) is 2.79. The zero-order chi connectivity index (χ0) is 13.8. The average Bonchev–Trinajstić information content (AvgIpc) is 2.26. The highest BCUT2D eigenvalue weighted by atomic mass is 32.2. The monoisotopic (exact) mass is 274 g/mol. The third-order valence-corrected chi connectivity index (χ3v) is 3.94. The molecule has 0 radical (unpaired) electrons. The van der Waals surface area contributed by atoms with Gasteiger partial charge in [0.15, 0.2) is 0 Å². The van der Waals surface area contributed by atoms with E-state index in [1.807, 2.05) is 6.92 Å². The first kappa shape index (κ1) is 15.1. The van der Waals surface area contributed by atoms with Crippen molar-refractivity contribution in [1.29, 1.82) is 0 Å². The van der Waals surface area contributed by atoms with Crippen LogP contribution in [0.5, 0.6) is 0 Å². The molecule has 2 N–H and O–H groups in total. The van der Waals surface area contributed by atoms with E-state index in [0.29, 0.717) is 18.7 Å². The second kappa shape index (κ2) is 6.26. The van der Waals surface area contributed by atoms with Gasteiger partial charge in [0, 0.05) is 18.2 Å². The number of nitrogens with one attached hydrogen (secondary N) is 2. The Labute approximate surface area is 108 Å². The third-order valence-electron chi connectivity index (χ3n) is 2.28. The van der Waals surface area contributed by atoms with Crippen LogP contribution in [0.25, 0.3) is 0 Å². The Morgan fingerprint density at radius 3 is 2.56 bits per heavy atom. The minimum Gasteiger partial charge on any atom is -0.313 e. The number of sulfonamides is 1. The molecule has 0 aliphatic heterocycles. The maximum Gasteiger partial charge on any atom is 0.240 e. The van der Waals surface area contributed by atoms with E-state index in [1.165, 1.54) is 18.2 Å². The van der Waals surface area contributed by atoms with Gasteiger partial charge in [-0.25, -0.2) is 17.5 Å². The van der Waals surface area contributed by atoms with Crippen LogP contribution in [0.2, 0.25) is 0 Å². The summed E-state index contributed by atoms with van der Waals surface area (Å²) in [6, 6.07) is 3.62. The average molecular weight is 274 g/mol. The van der Waals surface area contributed by atoms with Gasteiger partial charge in [0.1, 0.15) is 5.82 Å². The molecule has 0 spiro atoms. The first-order chi connectivity index (χ1) is 8.36. The molecule has 0 aliphatic carbocycles. The van der Waals surface area contributed by atoms with E-state index in [9.17, 15) is 12.8 Å². The molecule has 0 bridgehead atoms. The molecule has 18 heavy (non-hydrogen) atoms. The van der Waals surface area contributed by atoms with Gasteiger partial charge < -0.3 is 5.32 Å². The van der Waals surface area contributed by atoms with Gasteiger partial charge in [-0.15, -0.1) is 0 Å². The molecule has 1 aromatic carbocycles. The van der Waals surface area contributed by atoms with Gasteiger partial charge in [-0.3, -0.25) is 0 Å². The van der Waals surface area contributed by atoms with E-state index >= 15 is 0 Å². The van der Waals surface area contributed by atoms with Crippen molar-refractivity contribution in [3.8, 4) is 0 Å². The second-order valence-electron chi connectivity index (χ2n) is 4.31. The summed E-state index contributed by atoms with van der Waals surface area (Å²) in [5.41, 5.74) is 0.350. The van der Waals surface area contributed by atoms with Crippen LogP contribution in [-0.4, -0.2) is 21.0 Å². The molecule has 102 valence electrons. The van der Waals surface area contributed by atoms with Crippen LogP contribution in [0.3, 0.4) is 0 Å². The zero-order valence-electron chi connectivity index (χ0n) is 10.8. The van der Waals surface area contributed by atoms with Crippen LogP contribution in [0.1, 0.15) is 26.3 Å². The summed E-state index contributed by atoms with van der Waals surface area (Å²) in [6.07, 6.45) is 0. The van der Waals surface area contributed by atoms with Crippen LogP contribution >= 0.6 is 0 Å².